The molecule has 2 unspecified atom stereocenters. The fourth-order valence-corrected chi connectivity index (χ4v) is 1.65. The summed E-state index contributed by atoms with van der Waals surface area (Å²) in [4.78, 5) is 10.9. The number of benzene rings is 1. The van der Waals surface area contributed by atoms with Crippen LogP contribution >= 0.6 is 0 Å². The van der Waals surface area contributed by atoms with Crippen LogP contribution in [0.15, 0.2) is 30.3 Å². The van der Waals surface area contributed by atoms with Gasteiger partial charge in [-0.1, -0.05) is 30.3 Å². The summed E-state index contributed by atoms with van der Waals surface area (Å²) in [5, 5.41) is 8.91. The molecule has 0 bridgehead atoms. The molecule has 0 aliphatic heterocycles. The standard InChI is InChI=1S/C14H20O4/c1-3-17-13(14(15)16)9-10-18-11(2)12-7-5-4-6-8-12/h4-8,11,13H,3,9-10H2,1-2H3,(H,15,16). The maximum Gasteiger partial charge on any atom is 0.332 e. The molecule has 4 nitrogen and oxygen atoms in total. The molecule has 0 saturated heterocycles. The quantitative estimate of drug-likeness (QED) is 0.772. The third-order valence-corrected chi connectivity index (χ3v) is 2.66. The summed E-state index contributed by atoms with van der Waals surface area (Å²) in [7, 11) is 0. The fraction of sp³-hybridized carbons (Fsp3) is 0.500. The van der Waals surface area contributed by atoms with Gasteiger partial charge in [0, 0.05) is 13.0 Å². The SMILES string of the molecule is CCOC(CCOC(C)c1ccccc1)C(=O)O. The third kappa shape index (κ3) is 4.85. The maximum absolute atomic E-state index is 10.9. The van der Waals surface area contributed by atoms with Gasteiger partial charge in [0.25, 0.3) is 0 Å². The van der Waals surface area contributed by atoms with E-state index in [9.17, 15) is 4.79 Å². The average Bonchev–Trinajstić information content (AvgIpc) is 2.38. The van der Waals surface area contributed by atoms with Gasteiger partial charge in [-0.05, 0) is 19.4 Å². The second kappa shape index (κ2) is 7.84. The third-order valence-electron chi connectivity index (χ3n) is 2.66. The van der Waals surface area contributed by atoms with Crippen LogP contribution in [0.5, 0.6) is 0 Å². The zero-order valence-corrected chi connectivity index (χ0v) is 10.8. The number of carboxylic acids is 1. The summed E-state index contributed by atoms with van der Waals surface area (Å²) >= 11 is 0. The van der Waals surface area contributed by atoms with Gasteiger partial charge in [0.15, 0.2) is 6.10 Å². The van der Waals surface area contributed by atoms with E-state index in [0.717, 1.165) is 5.56 Å². The molecule has 0 amide bonds. The van der Waals surface area contributed by atoms with Gasteiger partial charge >= 0.3 is 5.97 Å². The predicted octanol–water partition coefficient (Wildman–Crippen LogP) is 2.64. The van der Waals surface area contributed by atoms with E-state index in [1.807, 2.05) is 37.3 Å². The van der Waals surface area contributed by atoms with Gasteiger partial charge in [0.05, 0.1) is 12.7 Å². The van der Waals surface area contributed by atoms with Gasteiger partial charge in [0.1, 0.15) is 0 Å². The van der Waals surface area contributed by atoms with Crippen molar-refractivity contribution in [1.29, 1.82) is 0 Å². The first-order chi connectivity index (χ1) is 8.65. The molecule has 0 aromatic heterocycles. The molecule has 4 heteroatoms. The summed E-state index contributed by atoms with van der Waals surface area (Å²) in [6.45, 7) is 4.49. The van der Waals surface area contributed by atoms with Crippen LogP contribution in [0.1, 0.15) is 31.9 Å². The molecule has 0 radical (unpaired) electrons. The molecular formula is C14H20O4. The van der Waals surface area contributed by atoms with E-state index in [1.165, 1.54) is 0 Å². The molecular weight excluding hydrogens is 232 g/mol. The normalized spacial score (nSPS) is 14.1. The Balaban J connectivity index is 2.34. The Kier molecular flexibility index (Phi) is 6.39. The number of carboxylic acid groups (broad SMARTS) is 1. The number of carbonyl (C=O) groups is 1. The molecule has 18 heavy (non-hydrogen) atoms. The Bertz CT molecular complexity index is 350. The van der Waals surface area contributed by atoms with Crippen molar-refractivity contribution in [3.05, 3.63) is 35.9 Å². The Hall–Kier alpha value is -1.39. The van der Waals surface area contributed by atoms with E-state index < -0.39 is 12.1 Å². The van der Waals surface area contributed by atoms with Crippen LogP contribution in [0.25, 0.3) is 0 Å². The number of rotatable bonds is 8. The Morgan fingerprint density at radius 1 is 1.28 bits per heavy atom. The van der Waals surface area contributed by atoms with Crippen LogP contribution in [-0.4, -0.2) is 30.4 Å². The molecule has 0 aliphatic rings. The van der Waals surface area contributed by atoms with Crippen molar-refractivity contribution in [3.63, 3.8) is 0 Å². The van der Waals surface area contributed by atoms with Gasteiger partial charge in [0.2, 0.25) is 0 Å². The summed E-state index contributed by atoms with van der Waals surface area (Å²) in [5.74, 6) is -0.937. The lowest BCUT2D eigenvalue weighted by molar-refractivity contribution is -0.151. The van der Waals surface area contributed by atoms with Crippen molar-refractivity contribution < 1.29 is 19.4 Å². The van der Waals surface area contributed by atoms with E-state index in [2.05, 4.69) is 0 Å². The molecule has 0 aliphatic carbocycles. The first kappa shape index (κ1) is 14.7. The molecule has 0 saturated carbocycles. The second-order valence-electron chi connectivity index (χ2n) is 3.99. The van der Waals surface area contributed by atoms with Crippen LogP contribution in [0.3, 0.4) is 0 Å². The Labute approximate surface area is 108 Å². The molecule has 100 valence electrons. The highest BCUT2D eigenvalue weighted by Crippen LogP contribution is 2.16. The summed E-state index contributed by atoms with van der Waals surface area (Å²) in [6.07, 6.45) is -0.458. The van der Waals surface area contributed by atoms with Gasteiger partial charge in [-0.25, -0.2) is 4.79 Å². The van der Waals surface area contributed by atoms with E-state index in [-0.39, 0.29) is 6.10 Å². The average molecular weight is 252 g/mol. The first-order valence-corrected chi connectivity index (χ1v) is 6.16. The van der Waals surface area contributed by atoms with Gasteiger partial charge < -0.3 is 14.6 Å². The molecule has 1 aromatic carbocycles. The van der Waals surface area contributed by atoms with Gasteiger partial charge in [-0.2, -0.15) is 0 Å². The molecule has 1 N–H and O–H groups in total. The van der Waals surface area contributed by atoms with Gasteiger partial charge in [-0.3, -0.25) is 0 Å². The van der Waals surface area contributed by atoms with Crippen molar-refractivity contribution in [2.75, 3.05) is 13.2 Å². The minimum Gasteiger partial charge on any atom is -0.479 e. The largest absolute Gasteiger partial charge is 0.479 e. The van der Waals surface area contributed by atoms with Crippen LogP contribution in [0.4, 0.5) is 0 Å². The van der Waals surface area contributed by atoms with E-state index in [0.29, 0.717) is 19.6 Å². The van der Waals surface area contributed by atoms with Crippen molar-refractivity contribution in [1.82, 2.24) is 0 Å². The summed E-state index contributed by atoms with van der Waals surface area (Å²) < 4.78 is 10.7. The lowest BCUT2D eigenvalue weighted by Gasteiger charge is -2.16. The van der Waals surface area contributed by atoms with Crippen molar-refractivity contribution in [3.8, 4) is 0 Å². The molecule has 2 atom stereocenters. The molecule has 1 rings (SSSR count). The first-order valence-electron chi connectivity index (χ1n) is 6.16. The van der Waals surface area contributed by atoms with E-state index in [4.69, 9.17) is 14.6 Å². The second-order valence-corrected chi connectivity index (χ2v) is 3.99. The van der Waals surface area contributed by atoms with Crippen molar-refractivity contribution >= 4 is 5.97 Å². The molecule has 0 fully saturated rings. The van der Waals surface area contributed by atoms with Crippen molar-refractivity contribution in [2.45, 2.75) is 32.5 Å². The smallest absolute Gasteiger partial charge is 0.332 e. The van der Waals surface area contributed by atoms with E-state index >= 15 is 0 Å². The van der Waals surface area contributed by atoms with E-state index in [1.54, 1.807) is 6.92 Å². The van der Waals surface area contributed by atoms with Crippen LogP contribution in [0, 0.1) is 0 Å². The summed E-state index contributed by atoms with van der Waals surface area (Å²) in [5.41, 5.74) is 1.08. The topological polar surface area (TPSA) is 55.8 Å². The number of hydrogen-bond donors (Lipinski definition) is 1. The highest BCUT2D eigenvalue weighted by atomic mass is 16.5. The molecule has 0 spiro atoms. The molecule has 1 aromatic rings. The minimum absolute atomic E-state index is 0.0396. The number of ether oxygens (including phenoxy) is 2. The highest BCUT2D eigenvalue weighted by molar-refractivity contribution is 5.72. The van der Waals surface area contributed by atoms with Crippen LogP contribution < -0.4 is 0 Å². The number of aliphatic carboxylic acids is 1. The Morgan fingerprint density at radius 3 is 2.50 bits per heavy atom. The van der Waals surface area contributed by atoms with Crippen molar-refractivity contribution in [2.24, 2.45) is 0 Å². The lowest BCUT2D eigenvalue weighted by atomic mass is 10.1. The fourth-order valence-electron chi connectivity index (χ4n) is 1.65. The highest BCUT2D eigenvalue weighted by Gasteiger charge is 2.17. The van der Waals surface area contributed by atoms with Crippen LogP contribution in [0.2, 0.25) is 0 Å². The van der Waals surface area contributed by atoms with Gasteiger partial charge in [-0.15, -0.1) is 0 Å². The lowest BCUT2D eigenvalue weighted by Crippen LogP contribution is -2.25. The maximum atomic E-state index is 10.9. The summed E-state index contributed by atoms with van der Waals surface area (Å²) in [6, 6.07) is 9.83. The Morgan fingerprint density at radius 2 is 1.94 bits per heavy atom. The zero-order valence-electron chi connectivity index (χ0n) is 10.8. The monoisotopic (exact) mass is 252 g/mol. The zero-order chi connectivity index (χ0) is 13.4. The predicted molar refractivity (Wildman–Crippen MR) is 68.5 cm³/mol. The van der Waals surface area contributed by atoms with Crippen LogP contribution in [-0.2, 0) is 14.3 Å². The molecule has 0 heterocycles. The number of hydrogen-bond acceptors (Lipinski definition) is 3. The minimum atomic E-state index is -0.937.